The Balaban J connectivity index is 2.47. The van der Waals surface area contributed by atoms with E-state index in [-0.39, 0.29) is 6.61 Å². The van der Waals surface area contributed by atoms with Crippen LogP contribution in [0.2, 0.25) is 0 Å². The molecule has 0 aliphatic carbocycles. The van der Waals surface area contributed by atoms with Crippen LogP contribution < -0.4 is 0 Å². The Kier molecular flexibility index (Phi) is 5.68. The molecule has 0 fully saturated rings. The molecular weight excluding hydrogens is 210 g/mol. The molecule has 0 unspecified atom stereocenters. The molecule has 1 aromatic heterocycles. The summed E-state index contributed by atoms with van der Waals surface area (Å²) >= 11 is 1.73. The molecule has 0 aromatic carbocycles. The number of hydrogen-bond donors (Lipinski definition) is 1. The van der Waals surface area contributed by atoms with Crippen molar-refractivity contribution in [3.8, 4) is 0 Å². The molecule has 0 bridgehead atoms. The Morgan fingerprint density at radius 2 is 2.33 bits per heavy atom. The van der Waals surface area contributed by atoms with Crippen LogP contribution >= 0.6 is 11.8 Å². The first-order chi connectivity index (χ1) is 7.27. The van der Waals surface area contributed by atoms with Crippen molar-refractivity contribution in [3.63, 3.8) is 0 Å². The van der Waals surface area contributed by atoms with Crippen LogP contribution in [-0.4, -0.2) is 29.6 Å². The number of methoxy groups -OCH3 is 1. The quantitative estimate of drug-likeness (QED) is 0.596. The fourth-order valence-electron chi connectivity index (χ4n) is 1.23. The Morgan fingerprint density at radius 3 is 2.93 bits per heavy atom. The number of nitrogens with zero attached hydrogens (tertiary/aromatic N) is 1. The largest absolute Gasteiger partial charge is 0.392 e. The minimum atomic E-state index is 0.0580. The number of ether oxygens (including phenoxy) is 1. The maximum absolute atomic E-state index is 8.94. The minimum Gasteiger partial charge on any atom is -0.392 e. The molecule has 4 heteroatoms. The Labute approximate surface area is 94.9 Å². The first kappa shape index (κ1) is 12.5. The molecule has 1 aromatic rings. The predicted octanol–water partition coefficient (Wildman–Crippen LogP) is 2.01. The lowest BCUT2D eigenvalue weighted by Crippen LogP contribution is -1.94. The van der Waals surface area contributed by atoms with Gasteiger partial charge in [0.15, 0.2) is 0 Å². The second kappa shape index (κ2) is 6.82. The van der Waals surface area contributed by atoms with Gasteiger partial charge in [0.2, 0.25) is 0 Å². The van der Waals surface area contributed by atoms with E-state index in [1.165, 1.54) is 0 Å². The lowest BCUT2D eigenvalue weighted by atomic mass is 10.2. The summed E-state index contributed by atoms with van der Waals surface area (Å²) in [6.45, 7) is 2.87. The lowest BCUT2D eigenvalue weighted by Gasteiger charge is -2.05. The van der Waals surface area contributed by atoms with Gasteiger partial charge in [-0.2, -0.15) is 0 Å². The van der Waals surface area contributed by atoms with Gasteiger partial charge < -0.3 is 9.84 Å². The van der Waals surface area contributed by atoms with Crippen LogP contribution in [0, 0.1) is 6.92 Å². The normalized spacial score (nSPS) is 10.6. The van der Waals surface area contributed by atoms with E-state index in [9.17, 15) is 0 Å². The maximum atomic E-state index is 8.94. The van der Waals surface area contributed by atoms with Gasteiger partial charge in [-0.25, -0.2) is 4.98 Å². The number of hydrogen-bond acceptors (Lipinski definition) is 4. The van der Waals surface area contributed by atoms with Crippen molar-refractivity contribution in [2.24, 2.45) is 0 Å². The standard InChI is InChI=1S/C11H17NO2S/c1-9-6-10(8-13)7-12-11(9)15-5-3-4-14-2/h6-7,13H,3-5,8H2,1-2H3. The summed E-state index contributed by atoms with van der Waals surface area (Å²) in [6.07, 6.45) is 2.76. The van der Waals surface area contributed by atoms with E-state index in [1.807, 2.05) is 13.0 Å². The fourth-order valence-corrected chi connectivity index (χ4v) is 2.10. The lowest BCUT2D eigenvalue weighted by molar-refractivity contribution is 0.200. The van der Waals surface area contributed by atoms with Crippen LogP contribution in [0.4, 0.5) is 0 Å². The maximum Gasteiger partial charge on any atom is 0.0989 e. The van der Waals surface area contributed by atoms with E-state index >= 15 is 0 Å². The molecule has 0 amide bonds. The topological polar surface area (TPSA) is 42.4 Å². The van der Waals surface area contributed by atoms with Crippen molar-refractivity contribution in [2.45, 2.75) is 25.0 Å². The summed E-state index contributed by atoms with van der Waals surface area (Å²) in [4.78, 5) is 4.31. The van der Waals surface area contributed by atoms with Crippen LogP contribution in [0.25, 0.3) is 0 Å². The first-order valence-corrected chi connectivity index (χ1v) is 5.94. The molecule has 0 spiro atoms. The van der Waals surface area contributed by atoms with Crippen molar-refractivity contribution in [1.82, 2.24) is 4.98 Å². The third kappa shape index (κ3) is 4.20. The molecule has 1 heterocycles. The zero-order valence-corrected chi connectivity index (χ0v) is 10.0. The van der Waals surface area contributed by atoms with Gasteiger partial charge in [-0.3, -0.25) is 0 Å². The summed E-state index contributed by atoms with van der Waals surface area (Å²) < 4.78 is 4.98. The minimum absolute atomic E-state index is 0.0580. The van der Waals surface area contributed by atoms with Crippen molar-refractivity contribution in [2.75, 3.05) is 19.5 Å². The first-order valence-electron chi connectivity index (χ1n) is 4.96. The monoisotopic (exact) mass is 227 g/mol. The number of aliphatic hydroxyl groups excluding tert-OH is 1. The highest BCUT2D eigenvalue weighted by Crippen LogP contribution is 2.21. The van der Waals surface area contributed by atoms with Crippen LogP contribution in [0.1, 0.15) is 17.5 Å². The van der Waals surface area contributed by atoms with Gasteiger partial charge >= 0.3 is 0 Å². The smallest absolute Gasteiger partial charge is 0.0989 e. The summed E-state index contributed by atoms with van der Waals surface area (Å²) in [6, 6.07) is 1.98. The highest BCUT2D eigenvalue weighted by Gasteiger charge is 2.01. The highest BCUT2D eigenvalue weighted by molar-refractivity contribution is 7.99. The van der Waals surface area contributed by atoms with Gasteiger partial charge in [0.1, 0.15) is 0 Å². The molecule has 0 atom stereocenters. The van der Waals surface area contributed by atoms with Crippen molar-refractivity contribution in [3.05, 3.63) is 23.4 Å². The third-order valence-electron chi connectivity index (χ3n) is 2.00. The number of aromatic nitrogens is 1. The molecular formula is C11H17NO2S. The third-order valence-corrected chi connectivity index (χ3v) is 3.19. The van der Waals surface area contributed by atoms with Gasteiger partial charge in [0.05, 0.1) is 11.6 Å². The molecule has 0 radical (unpaired) electrons. The van der Waals surface area contributed by atoms with Crippen LogP contribution in [0.15, 0.2) is 17.3 Å². The predicted molar refractivity (Wildman–Crippen MR) is 62.1 cm³/mol. The molecule has 84 valence electrons. The molecule has 0 aliphatic rings. The molecule has 1 N–H and O–H groups in total. The number of thioether (sulfide) groups is 1. The van der Waals surface area contributed by atoms with Gasteiger partial charge in [0, 0.05) is 25.7 Å². The van der Waals surface area contributed by atoms with Crippen molar-refractivity contribution >= 4 is 11.8 Å². The van der Waals surface area contributed by atoms with Crippen LogP contribution in [0.5, 0.6) is 0 Å². The average Bonchev–Trinajstić information content (AvgIpc) is 2.26. The molecule has 0 aliphatic heterocycles. The van der Waals surface area contributed by atoms with E-state index in [4.69, 9.17) is 9.84 Å². The van der Waals surface area contributed by atoms with Crippen LogP contribution in [0.3, 0.4) is 0 Å². The van der Waals surface area contributed by atoms with Crippen LogP contribution in [-0.2, 0) is 11.3 Å². The number of aliphatic hydroxyl groups is 1. The van der Waals surface area contributed by atoms with Crippen molar-refractivity contribution < 1.29 is 9.84 Å². The Bertz CT molecular complexity index is 305. The summed E-state index contributed by atoms with van der Waals surface area (Å²) in [5, 5.41) is 9.98. The second-order valence-electron chi connectivity index (χ2n) is 3.32. The van der Waals surface area contributed by atoms with Gasteiger partial charge in [-0.1, -0.05) is 0 Å². The summed E-state index contributed by atoms with van der Waals surface area (Å²) in [5.74, 6) is 1.01. The number of pyridine rings is 1. The zero-order valence-electron chi connectivity index (χ0n) is 9.19. The Hall–Kier alpha value is -0.580. The summed E-state index contributed by atoms with van der Waals surface area (Å²) in [5.41, 5.74) is 2.00. The highest BCUT2D eigenvalue weighted by atomic mass is 32.2. The number of rotatable bonds is 6. The van der Waals surface area contributed by atoms with E-state index in [1.54, 1.807) is 25.1 Å². The molecule has 1 rings (SSSR count). The molecule has 0 saturated carbocycles. The summed E-state index contributed by atoms with van der Waals surface area (Å²) in [7, 11) is 1.71. The second-order valence-corrected chi connectivity index (χ2v) is 4.40. The van der Waals surface area contributed by atoms with Gasteiger partial charge in [-0.05, 0) is 30.5 Å². The van der Waals surface area contributed by atoms with E-state index in [0.29, 0.717) is 0 Å². The van der Waals surface area contributed by atoms with Gasteiger partial charge in [0.25, 0.3) is 0 Å². The van der Waals surface area contributed by atoms with E-state index < -0.39 is 0 Å². The Morgan fingerprint density at radius 1 is 1.53 bits per heavy atom. The van der Waals surface area contributed by atoms with Gasteiger partial charge in [-0.15, -0.1) is 11.8 Å². The molecule has 3 nitrogen and oxygen atoms in total. The van der Waals surface area contributed by atoms with E-state index in [2.05, 4.69) is 4.98 Å². The average molecular weight is 227 g/mol. The molecule has 15 heavy (non-hydrogen) atoms. The SMILES string of the molecule is COCCCSc1ncc(CO)cc1C. The molecule has 0 saturated heterocycles. The zero-order chi connectivity index (χ0) is 11.1. The van der Waals surface area contributed by atoms with E-state index in [0.717, 1.165) is 34.9 Å². The number of aryl methyl sites for hydroxylation is 1. The van der Waals surface area contributed by atoms with Crippen molar-refractivity contribution in [1.29, 1.82) is 0 Å². The fraction of sp³-hybridized carbons (Fsp3) is 0.545.